The second kappa shape index (κ2) is 14.0. The Kier molecular flexibility index (Phi) is 13.7. The van der Waals surface area contributed by atoms with Gasteiger partial charge in [0.25, 0.3) is 0 Å². The minimum atomic E-state index is -0.925. The van der Waals surface area contributed by atoms with Crippen LogP contribution in [0.1, 0.15) is 84.0 Å². The van der Waals surface area contributed by atoms with E-state index < -0.39 is 5.97 Å². The first-order valence-electron chi connectivity index (χ1n) is 7.81. The molecule has 0 spiro atoms. The first kappa shape index (κ1) is 18.6. The van der Waals surface area contributed by atoms with E-state index in [9.17, 15) is 4.79 Å². The van der Waals surface area contributed by atoms with Gasteiger partial charge in [0, 0.05) is 0 Å². The van der Waals surface area contributed by atoms with Gasteiger partial charge in [0.1, 0.15) is 0 Å². The second-order valence-corrected chi connectivity index (χ2v) is 5.70. The van der Waals surface area contributed by atoms with Crippen molar-refractivity contribution in [2.24, 2.45) is 0 Å². The number of aliphatic carboxylic acids is 1. The van der Waals surface area contributed by atoms with Crippen molar-refractivity contribution in [2.75, 3.05) is 0 Å². The molecule has 0 aliphatic rings. The topological polar surface area (TPSA) is 37.3 Å². The lowest BCUT2D eigenvalue weighted by molar-refractivity contribution is -0.131. The van der Waals surface area contributed by atoms with Crippen LogP contribution in [0.3, 0.4) is 0 Å². The van der Waals surface area contributed by atoms with Gasteiger partial charge in [0.2, 0.25) is 0 Å². The monoisotopic (exact) mass is 286 g/mol. The van der Waals surface area contributed by atoms with Crippen molar-refractivity contribution in [3.63, 3.8) is 0 Å². The van der Waals surface area contributed by atoms with E-state index >= 15 is 0 Å². The Labute approximate surface area is 124 Å². The highest BCUT2D eigenvalue weighted by Crippen LogP contribution is 2.12. The molecule has 0 atom stereocenters. The van der Waals surface area contributed by atoms with Gasteiger partial charge in [-0.3, -0.25) is 0 Å². The van der Waals surface area contributed by atoms with E-state index in [0.717, 1.165) is 12.8 Å². The molecule has 0 heterocycles. The Morgan fingerprint density at radius 1 is 0.895 bits per heavy atom. The summed E-state index contributed by atoms with van der Waals surface area (Å²) >= 11 is 3.89. The van der Waals surface area contributed by atoms with Gasteiger partial charge < -0.3 is 5.11 Å². The predicted molar refractivity (Wildman–Crippen MR) is 85.8 cm³/mol. The predicted octanol–water partition coefficient (Wildman–Crippen LogP) is 5.59. The summed E-state index contributed by atoms with van der Waals surface area (Å²) in [6.07, 6.45) is 17.1. The van der Waals surface area contributed by atoms with Crippen LogP contribution in [0.5, 0.6) is 0 Å². The Morgan fingerprint density at radius 3 is 1.74 bits per heavy atom. The molecule has 3 heteroatoms. The number of unbranched alkanes of at least 4 members (excludes halogenated alkanes) is 11. The minimum Gasteiger partial charge on any atom is -0.477 e. The molecule has 112 valence electrons. The van der Waals surface area contributed by atoms with Crippen LogP contribution >= 0.6 is 12.6 Å². The summed E-state index contributed by atoms with van der Waals surface area (Å²) in [5.41, 5.74) is 0. The minimum absolute atomic E-state index is 0.173. The van der Waals surface area contributed by atoms with Crippen LogP contribution in [0.2, 0.25) is 0 Å². The zero-order valence-corrected chi connectivity index (χ0v) is 13.3. The Hall–Kier alpha value is -0.440. The normalized spacial score (nSPS) is 11.8. The van der Waals surface area contributed by atoms with Crippen molar-refractivity contribution in [3.8, 4) is 0 Å². The third-order valence-electron chi connectivity index (χ3n) is 3.36. The first-order chi connectivity index (χ1) is 9.18. The fourth-order valence-corrected chi connectivity index (χ4v) is 2.26. The summed E-state index contributed by atoms with van der Waals surface area (Å²) in [5.74, 6) is -0.925. The van der Waals surface area contributed by atoms with E-state index in [2.05, 4.69) is 19.6 Å². The quantitative estimate of drug-likeness (QED) is 0.263. The number of carbonyl (C=O) groups is 1. The van der Waals surface area contributed by atoms with Crippen LogP contribution in [-0.2, 0) is 4.79 Å². The van der Waals surface area contributed by atoms with Crippen LogP contribution in [0.4, 0.5) is 0 Å². The molecule has 0 saturated heterocycles. The van der Waals surface area contributed by atoms with Crippen LogP contribution in [0, 0.1) is 0 Å². The molecule has 0 bridgehead atoms. The van der Waals surface area contributed by atoms with Crippen molar-refractivity contribution in [1.29, 1.82) is 0 Å². The van der Waals surface area contributed by atoms with Gasteiger partial charge >= 0.3 is 5.97 Å². The van der Waals surface area contributed by atoms with Crippen molar-refractivity contribution in [3.05, 3.63) is 11.0 Å². The number of allylic oxidation sites excluding steroid dienone is 1. The van der Waals surface area contributed by atoms with Crippen LogP contribution in [0.15, 0.2) is 11.0 Å². The maximum Gasteiger partial charge on any atom is 0.341 e. The number of thiol groups is 1. The molecule has 0 radical (unpaired) electrons. The molecule has 0 amide bonds. The summed E-state index contributed by atoms with van der Waals surface area (Å²) in [7, 11) is 0. The zero-order valence-electron chi connectivity index (χ0n) is 12.4. The van der Waals surface area contributed by atoms with E-state index in [1.807, 2.05) is 0 Å². The molecule has 0 saturated carbocycles. The molecular weight excluding hydrogens is 256 g/mol. The highest BCUT2D eigenvalue weighted by molar-refractivity contribution is 7.85. The molecule has 0 aromatic rings. The van der Waals surface area contributed by atoms with Gasteiger partial charge in [-0.1, -0.05) is 77.2 Å². The molecule has 0 aliphatic carbocycles. The maximum atomic E-state index is 10.5. The summed E-state index contributed by atoms with van der Waals surface area (Å²) < 4.78 is 0. The Bertz CT molecular complexity index is 249. The molecule has 0 aromatic heterocycles. The van der Waals surface area contributed by atoms with Crippen molar-refractivity contribution in [2.45, 2.75) is 84.0 Å². The van der Waals surface area contributed by atoms with Gasteiger partial charge in [0.05, 0.1) is 4.91 Å². The van der Waals surface area contributed by atoms with Gasteiger partial charge in [-0.25, -0.2) is 4.79 Å². The van der Waals surface area contributed by atoms with Gasteiger partial charge in [-0.05, 0) is 12.8 Å². The number of hydrogen-bond acceptors (Lipinski definition) is 2. The smallest absolute Gasteiger partial charge is 0.341 e. The van der Waals surface area contributed by atoms with Crippen LogP contribution in [-0.4, -0.2) is 11.1 Å². The van der Waals surface area contributed by atoms with Crippen LogP contribution in [0.25, 0.3) is 0 Å². The summed E-state index contributed by atoms with van der Waals surface area (Å²) in [6, 6.07) is 0. The third kappa shape index (κ3) is 13.8. The highest BCUT2D eigenvalue weighted by Gasteiger charge is 1.99. The molecule has 2 nitrogen and oxygen atoms in total. The lowest BCUT2D eigenvalue weighted by atomic mass is 10.1. The summed E-state index contributed by atoms with van der Waals surface area (Å²) in [4.78, 5) is 10.7. The number of carboxylic acids is 1. The van der Waals surface area contributed by atoms with Crippen molar-refractivity contribution >= 4 is 18.6 Å². The van der Waals surface area contributed by atoms with E-state index in [4.69, 9.17) is 5.11 Å². The number of hydrogen-bond donors (Lipinski definition) is 2. The van der Waals surface area contributed by atoms with Crippen molar-refractivity contribution in [1.82, 2.24) is 0 Å². The number of rotatable bonds is 13. The standard InChI is InChI=1S/C16H30O2S/c1-2-3-4-5-6-7-8-9-10-11-12-13-14-15(19)16(17)18/h14,19H,2-13H2,1H3,(H,17,18)/b15-14-. The molecule has 0 unspecified atom stereocenters. The third-order valence-corrected chi connectivity index (χ3v) is 3.74. The second-order valence-electron chi connectivity index (χ2n) is 5.22. The van der Waals surface area contributed by atoms with E-state index in [0.29, 0.717) is 0 Å². The summed E-state index contributed by atoms with van der Waals surface area (Å²) in [6.45, 7) is 2.25. The fraction of sp³-hybridized carbons (Fsp3) is 0.812. The molecule has 0 fully saturated rings. The molecule has 0 rings (SSSR count). The fourth-order valence-electron chi connectivity index (χ4n) is 2.13. The molecule has 0 aliphatic heterocycles. The van der Waals surface area contributed by atoms with Crippen molar-refractivity contribution < 1.29 is 9.90 Å². The lowest BCUT2D eigenvalue weighted by Gasteiger charge is -2.01. The average molecular weight is 286 g/mol. The SMILES string of the molecule is CCCCCCCCCCCCC/C=C(\S)C(=O)O. The first-order valence-corrected chi connectivity index (χ1v) is 8.25. The van der Waals surface area contributed by atoms with E-state index in [1.54, 1.807) is 6.08 Å². The lowest BCUT2D eigenvalue weighted by Crippen LogP contribution is -1.93. The van der Waals surface area contributed by atoms with Gasteiger partial charge in [-0.2, -0.15) is 0 Å². The van der Waals surface area contributed by atoms with Crippen LogP contribution < -0.4 is 0 Å². The van der Waals surface area contributed by atoms with E-state index in [1.165, 1.54) is 64.2 Å². The Morgan fingerprint density at radius 2 is 1.32 bits per heavy atom. The molecular formula is C16H30O2S. The molecule has 0 aromatic carbocycles. The van der Waals surface area contributed by atoms with Gasteiger partial charge in [-0.15, -0.1) is 12.6 Å². The molecule has 19 heavy (non-hydrogen) atoms. The summed E-state index contributed by atoms with van der Waals surface area (Å²) in [5, 5.41) is 8.61. The highest BCUT2D eigenvalue weighted by atomic mass is 32.1. The van der Waals surface area contributed by atoms with E-state index in [-0.39, 0.29) is 4.91 Å². The Balaban J connectivity index is 3.15. The molecule has 1 N–H and O–H groups in total. The zero-order chi connectivity index (χ0) is 14.3. The largest absolute Gasteiger partial charge is 0.477 e. The number of carboxylic acid groups (broad SMARTS) is 1. The average Bonchev–Trinajstić information content (AvgIpc) is 2.39. The van der Waals surface area contributed by atoms with Gasteiger partial charge in [0.15, 0.2) is 0 Å². The maximum absolute atomic E-state index is 10.5.